The summed E-state index contributed by atoms with van der Waals surface area (Å²) in [5.41, 5.74) is 2.78. The Labute approximate surface area is 105 Å². The molecule has 0 radical (unpaired) electrons. The quantitative estimate of drug-likeness (QED) is 0.721. The van der Waals surface area contributed by atoms with Crippen molar-refractivity contribution in [1.82, 2.24) is 4.57 Å². The molecular weight excluding hydrogens is 230 g/mol. The monoisotopic (exact) mass is 245 g/mol. The first-order valence-corrected chi connectivity index (χ1v) is 5.65. The lowest BCUT2D eigenvalue weighted by Gasteiger charge is -2.10. The Morgan fingerprint density at radius 1 is 1.17 bits per heavy atom. The summed E-state index contributed by atoms with van der Waals surface area (Å²) in [5.74, 6) is -0.601. The van der Waals surface area contributed by atoms with Gasteiger partial charge in [-0.2, -0.15) is 0 Å². The van der Waals surface area contributed by atoms with Crippen LogP contribution in [0, 0.1) is 13.8 Å². The zero-order valence-corrected chi connectivity index (χ0v) is 10.9. The van der Waals surface area contributed by atoms with Crippen molar-refractivity contribution in [3.05, 3.63) is 45.2 Å². The highest BCUT2D eigenvalue weighted by molar-refractivity contribution is 5.94. The number of benzene rings is 1. The lowest BCUT2D eigenvalue weighted by molar-refractivity contribution is 0.0598. The zero-order chi connectivity index (χ0) is 13.4. The fourth-order valence-corrected chi connectivity index (χ4v) is 1.99. The van der Waals surface area contributed by atoms with Crippen LogP contribution in [0.2, 0.25) is 0 Å². The third-order valence-electron chi connectivity index (χ3n) is 3.24. The summed E-state index contributed by atoms with van der Waals surface area (Å²) in [5, 5.41) is 0.862. The average molecular weight is 245 g/mol. The summed E-state index contributed by atoms with van der Waals surface area (Å²) in [4.78, 5) is 23.6. The van der Waals surface area contributed by atoms with Crippen LogP contribution in [-0.4, -0.2) is 17.6 Å². The molecule has 0 aliphatic rings. The van der Waals surface area contributed by atoms with Gasteiger partial charge >= 0.3 is 5.97 Å². The maximum Gasteiger partial charge on any atom is 0.343 e. The molecule has 0 bridgehead atoms. The van der Waals surface area contributed by atoms with E-state index in [4.69, 9.17) is 0 Å². The molecule has 0 saturated carbocycles. The van der Waals surface area contributed by atoms with Crippen LogP contribution in [0.5, 0.6) is 0 Å². The van der Waals surface area contributed by atoms with Gasteiger partial charge in [-0.25, -0.2) is 4.79 Å². The Morgan fingerprint density at radius 3 is 2.39 bits per heavy atom. The van der Waals surface area contributed by atoms with E-state index in [1.807, 2.05) is 26.0 Å². The van der Waals surface area contributed by atoms with Crippen molar-refractivity contribution >= 4 is 16.9 Å². The number of carbonyl (C=O) groups is 1. The van der Waals surface area contributed by atoms with Gasteiger partial charge in [0.15, 0.2) is 0 Å². The second kappa shape index (κ2) is 4.29. The number of hydrogen-bond acceptors (Lipinski definition) is 3. The Bertz CT molecular complexity index is 698. The summed E-state index contributed by atoms with van der Waals surface area (Å²) in [7, 11) is 2.93. The van der Waals surface area contributed by atoms with Gasteiger partial charge in [0.2, 0.25) is 0 Å². The van der Waals surface area contributed by atoms with Gasteiger partial charge in [-0.1, -0.05) is 0 Å². The maximum atomic E-state index is 12.0. The largest absolute Gasteiger partial charge is 0.465 e. The number of aromatic nitrogens is 1. The third kappa shape index (κ3) is 1.79. The molecule has 1 aromatic carbocycles. The minimum Gasteiger partial charge on any atom is -0.465 e. The molecule has 0 saturated heterocycles. The number of methoxy groups -OCH3 is 1. The molecule has 0 aliphatic carbocycles. The van der Waals surface area contributed by atoms with Crippen LogP contribution in [0.25, 0.3) is 10.9 Å². The van der Waals surface area contributed by atoms with E-state index < -0.39 is 5.97 Å². The molecule has 0 unspecified atom stereocenters. The summed E-state index contributed by atoms with van der Waals surface area (Å²) in [6.45, 7) is 3.99. The average Bonchev–Trinajstić information content (AvgIpc) is 2.35. The number of rotatable bonds is 1. The van der Waals surface area contributed by atoms with Gasteiger partial charge in [0.1, 0.15) is 5.56 Å². The van der Waals surface area contributed by atoms with Gasteiger partial charge in [0.05, 0.1) is 12.6 Å². The molecular formula is C14H15NO3. The molecule has 0 fully saturated rings. The first-order valence-electron chi connectivity index (χ1n) is 5.65. The standard InChI is InChI=1S/C14H15NO3/c1-8-5-10-7-11(14(17)18-4)13(16)15(3)12(10)6-9(8)2/h5-7H,1-4H3. The molecule has 0 atom stereocenters. The second-order valence-corrected chi connectivity index (χ2v) is 4.41. The van der Waals surface area contributed by atoms with Crippen LogP contribution < -0.4 is 5.56 Å². The number of esters is 1. The third-order valence-corrected chi connectivity index (χ3v) is 3.24. The van der Waals surface area contributed by atoms with Crippen LogP contribution in [-0.2, 0) is 11.8 Å². The lowest BCUT2D eigenvalue weighted by Crippen LogP contribution is -2.25. The minimum absolute atomic E-state index is 0.0655. The van der Waals surface area contributed by atoms with Gasteiger partial charge in [-0.15, -0.1) is 0 Å². The van der Waals surface area contributed by atoms with Gasteiger partial charge in [0.25, 0.3) is 5.56 Å². The molecule has 0 amide bonds. The number of ether oxygens (including phenoxy) is 1. The van der Waals surface area contributed by atoms with Crippen LogP contribution in [0.15, 0.2) is 23.0 Å². The van der Waals surface area contributed by atoms with E-state index >= 15 is 0 Å². The van der Waals surface area contributed by atoms with Crippen molar-refractivity contribution in [2.45, 2.75) is 13.8 Å². The van der Waals surface area contributed by atoms with Crippen molar-refractivity contribution in [3.8, 4) is 0 Å². The Kier molecular flexibility index (Phi) is 2.95. The molecule has 4 heteroatoms. The Hall–Kier alpha value is -2.10. The smallest absolute Gasteiger partial charge is 0.343 e. The van der Waals surface area contributed by atoms with Crippen molar-refractivity contribution < 1.29 is 9.53 Å². The number of pyridine rings is 1. The Morgan fingerprint density at radius 2 is 1.78 bits per heavy atom. The van der Waals surface area contributed by atoms with Gasteiger partial charge in [-0.05, 0) is 48.6 Å². The molecule has 94 valence electrons. The lowest BCUT2D eigenvalue weighted by atomic mass is 10.0. The van der Waals surface area contributed by atoms with Crippen LogP contribution >= 0.6 is 0 Å². The van der Waals surface area contributed by atoms with Crippen LogP contribution in [0.3, 0.4) is 0 Å². The molecule has 4 nitrogen and oxygen atoms in total. The van der Waals surface area contributed by atoms with Crippen molar-refractivity contribution in [2.75, 3.05) is 7.11 Å². The normalized spacial score (nSPS) is 10.7. The summed E-state index contributed by atoms with van der Waals surface area (Å²) in [6, 6.07) is 5.51. The number of hydrogen-bond donors (Lipinski definition) is 0. The molecule has 1 heterocycles. The summed E-state index contributed by atoms with van der Waals surface area (Å²) in [6.07, 6.45) is 0. The molecule has 1 aromatic heterocycles. The van der Waals surface area contributed by atoms with Crippen molar-refractivity contribution in [2.24, 2.45) is 7.05 Å². The molecule has 18 heavy (non-hydrogen) atoms. The first-order chi connectivity index (χ1) is 8.45. The van der Waals surface area contributed by atoms with Gasteiger partial charge < -0.3 is 9.30 Å². The second-order valence-electron chi connectivity index (χ2n) is 4.41. The van der Waals surface area contributed by atoms with Crippen LogP contribution in [0.4, 0.5) is 0 Å². The molecule has 0 spiro atoms. The predicted molar refractivity (Wildman–Crippen MR) is 70.0 cm³/mol. The number of aryl methyl sites for hydroxylation is 3. The van der Waals surface area contributed by atoms with E-state index in [1.165, 1.54) is 11.7 Å². The number of fused-ring (bicyclic) bond motifs is 1. The van der Waals surface area contributed by atoms with E-state index in [1.54, 1.807) is 13.1 Å². The summed E-state index contributed by atoms with van der Waals surface area (Å²) >= 11 is 0. The van der Waals surface area contributed by atoms with E-state index in [0.29, 0.717) is 0 Å². The topological polar surface area (TPSA) is 48.3 Å². The van der Waals surface area contributed by atoms with Crippen molar-refractivity contribution in [3.63, 3.8) is 0 Å². The summed E-state index contributed by atoms with van der Waals surface area (Å²) < 4.78 is 6.10. The van der Waals surface area contributed by atoms with E-state index in [0.717, 1.165) is 22.0 Å². The SMILES string of the molecule is COC(=O)c1cc2cc(C)c(C)cc2n(C)c1=O. The highest BCUT2D eigenvalue weighted by Crippen LogP contribution is 2.18. The zero-order valence-electron chi connectivity index (χ0n) is 10.9. The highest BCUT2D eigenvalue weighted by atomic mass is 16.5. The van der Waals surface area contributed by atoms with Crippen molar-refractivity contribution in [1.29, 1.82) is 0 Å². The molecule has 2 rings (SSSR count). The molecule has 2 aromatic rings. The number of carbonyl (C=O) groups excluding carboxylic acids is 1. The first kappa shape index (κ1) is 12.4. The fraction of sp³-hybridized carbons (Fsp3) is 0.286. The van der Waals surface area contributed by atoms with E-state index in [2.05, 4.69) is 4.74 Å². The van der Waals surface area contributed by atoms with Crippen LogP contribution in [0.1, 0.15) is 21.5 Å². The van der Waals surface area contributed by atoms with Gasteiger partial charge in [-0.3, -0.25) is 4.79 Å². The maximum absolute atomic E-state index is 12.0. The predicted octanol–water partition coefficient (Wildman–Crippen LogP) is 1.94. The Balaban J connectivity index is 2.88. The number of nitrogens with zero attached hydrogens (tertiary/aromatic N) is 1. The highest BCUT2D eigenvalue weighted by Gasteiger charge is 2.14. The minimum atomic E-state index is -0.601. The van der Waals surface area contributed by atoms with Gasteiger partial charge in [0, 0.05) is 7.05 Å². The van der Waals surface area contributed by atoms with E-state index in [9.17, 15) is 9.59 Å². The molecule has 0 N–H and O–H groups in total. The molecule has 0 aliphatic heterocycles. The van der Waals surface area contributed by atoms with E-state index in [-0.39, 0.29) is 11.1 Å². The fourth-order valence-electron chi connectivity index (χ4n) is 1.99.